The second-order valence-corrected chi connectivity index (χ2v) is 9.53. The number of sulfonamides is 1. The fourth-order valence-electron chi connectivity index (χ4n) is 2.35. The van der Waals surface area contributed by atoms with Crippen molar-refractivity contribution >= 4 is 27.5 Å². The fraction of sp³-hybridized carbons (Fsp3) is 0.579. The fourth-order valence-corrected chi connectivity index (χ4v) is 3.11. The average molecular weight is 398 g/mol. The van der Waals surface area contributed by atoms with E-state index in [-0.39, 0.29) is 24.3 Å². The van der Waals surface area contributed by atoms with Crippen LogP contribution < -0.4 is 15.4 Å². The van der Waals surface area contributed by atoms with E-state index in [1.165, 1.54) is 0 Å². The van der Waals surface area contributed by atoms with Crippen molar-refractivity contribution in [3.8, 4) is 0 Å². The Morgan fingerprint density at radius 1 is 1.04 bits per heavy atom. The molecule has 8 heteroatoms. The van der Waals surface area contributed by atoms with Crippen LogP contribution in [0.2, 0.25) is 0 Å². The summed E-state index contributed by atoms with van der Waals surface area (Å²) in [6.07, 6.45) is 1.43. The van der Waals surface area contributed by atoms with Gasteiger partial charge in [-0.3, -0.25) is 9.59 Å². The highest BCUT2D eigenvalue weighted by Gasteiger charge is 2.14. The van der Waals surface area contributed by atoms with Crippen LogP contribution >= 0.6 is 0 Å². The van der Waals surface area contributed by atoms with E-state index >= 15 is 0 Å². The summed E-state index contributed by atoms with van der Waals surface area (Å²) >= 11 is 0. The molecule has 0 aliphatic carbocycles. The molecular formula is C19H31N3O4S. The molecule has 27 heavy (non-hydrogen) atoms. The molecule has 0 heterocycles. The van der Waals surface area contributed by atoms with Gasteiger partial charge in [0.05, 0.1) is 5.25 Å². The summed E-state index contributed by atoms with van der Waals surface area (Å²) in [6.45, 7) is 9.19. The number of hydrogen-bond donors (Lipinski definition) is 3. The molecule has 0 spiro atoms. The van der Waals surface area contributed by atoms with Gasteiger partial charge in [0.15, 0.2) is 0 Å². The lowest BCUT2D eigenvalue weighted by atomic mass is 10.1. The molecule has 0 saturated heterocycles. The van der Waals surface area contributed by atoms with Crippen LogP contribution in [0.5, 0.6) is 0 Å². The number of nitrogens with one attached hydrogen (secondary N) is 3. The van der Waals surface area contributed by atoms with Crippen molar-refractivity contribution in [3.63, 3.8) is 0 Å². The van der Waals surface area contributed by atoms with E-state index in [4.69, 9.17) is 0 Å². The highest BCUT2D eigenvalue weighted by Crippen LogP contribution is 2.15. The molecule has 0 saturated carbocycles. The molecule has 1 aromatic carbocycles. The number of hydrogen-bond acceptors (Lipinski definition) is 4. The third kappa shape index (κ3) is 8.53. The van der Waals surface area contributed by atoms with Crippen molar-refractivity contribution in [2.45, 2.75) is 65.2 Å². The zero-order valence-corrected chi connectivity index (χ0v) is 17.6. The average Bonchev–Trinajstić information content (AvgIpc) is 2.53. The van der Waals surface area contributed by atoms with E-state index in [2.05, 4.69) is 15.4 Å². The highest BCUT2D eigenvalue weighted by atomic mass is 32.2. The maximum atomic E-state index is 12.1. The Morgan fingerprint density at radius 3 is 2.30 bits per heavy atom. The summed E-state index contributed by atoms with van der Waals surface area (Å²) in [5.41, 5.74) is 1.96. The van der Waals surface area contributed by atoms with E-state index < -0.39 is 15.3 Å². The van der Waals surface area contributed by atoms with Crippen LogP contribution in [0.4, 0.5) is 5.69 Å². The van der Waals surface area contributed by atoms with Gasteiger partial charge in [-0.1, -0.05) is 0 Å². The number of amides is 2. The van der Waals surface area contributed by atoms with Crippen LogP contribution in [0.25, 0.3) is 0 Å². The molecule has 0 radical (unpaired) electrons. The zero-order chi connectivity index (χ0) is 20.6. The molecule has 0 aliphatic rings. The molecule has 152 valence electrons. The summed E-state index contributed by atoms with van der Waals surface area (Å²) in [7, 11) is -3.26. The van der Waals surface area contributed by atoms with Crippen molar-refractivity contribution in [2.24, 2.45) is 0 Å². The Morgan fingerprint density at radius 2 is 1.70 bits per heavy atom. The lowest BCUT2D eigenvalue weighted by Crippen LogP contribution is -2.31. The molecule has 3 N–H and O–H groups in total. The maximum absolute atomic E-state index is 12.1. The van der Waals surface area contributed by atoms with Gasteiger partial charge in [-0.15, -0.1) is 0 Å². The monoisotopic (exact) mass is 397 g/mol. The van der Waals surface area contributed by atoms with E-state index in [9.17, 15) is 18.0 Å². The predicted molar refractivity (Wildman–Crippen MR) is 108 cm³/mol. The first kappa shape index (κ1) is 23.1. The van der Waals surface area contributed by atoms with E-state index in [1.54, 1.807) is 32.0 Å². The van der Waals surface area contributed by atoms with Crippen molar-refractivity contribution in [2.75, 3.05) is 11.9 Å². The molecule has 0 aromatic heterocycles. The summed E-state index contributed by atoms with van der Waals surface area (Å²) < 4.78 is 25.8. The highest BCUT2D eigenvalue weighted by molar-refractivity contribution is 7.90. The number of carbonyl (C=O) groups is 2. The summed E-state index contributed by atoms with van der Waals surface area (Å²) in [5.74, 6) is -0.343. The Balaban J connectivity index is 2.50. The third-order valence-corrected chi connectivity index (χ3v) is 5.65. The van der Waals surface area contributed by atoms with Gasteiger partial charge in [0.1, 0.15) is 0 Å². The minimum absolute atomic E-state index is 0.0316. The lowest BCUT2D eigenvalue weighted by molar-refractivity contribution is -0.116. The standard InChI is InChI=1S/C19H31N3O4S/c1-13(2)21-19(24)16-10-15(5)11-17(12-16)22-18(23)8-6-7-9-20-27(25,26)14(3)4/h10-14,20H,6-9H2,1-5H3,(H,21,24)(H,22,23). The smallest absolute Gasteiger partial charge is 0.251 e. The third-order valence-electron chi connectivity index (χ3n) is 3.80. The number of unbranched alkanes of at least 4 members (excludes halogenated alkanes) is 1. The van der Waals surface area contributed by atoms with Gasteiger partial charge in [0.25, 0.3) is 5.91 Å². The SMILES string of the molecule is Cc1cc(NC(=O)CCCCNS(=O)(=O)C(C)C)cc(C(=O)NC(C)C)c1. The van der Waals surface area contributed by atoms with Crippen molar-refractivity contribution in [1.29, 1.82) is 0 Å². The first-order valence-corrected chi connectivity index (χ1v) is 10.8. The predicted octanol–water partition coefficient (Wildman–Crippen LogP) is 2.57. The first-order valence-electron chi connectivity index (χ1n) is 9.22. The Labute approximate surface area is 162 Å². The van der Waals surface area contributed by atoms with Crippen LogP contribution in [0.1, 0.15) is 62.9 Å². The number of anilines is 1. The van der Waals surface area contributed by atoms with Crippen LogP contribution in [0.3, 0.4) is 0 Å². The van der Waals surface area contributed by atoms with Crippen LogP contribution in [-0.2, 0) is 14.8 Å². The Hall–Kier alpha value is -1.93. The van der Waals surface area contributed by atoms with E-state index in [0.29, 0.717) is 30.6 Å². The van der Waals surface area contributed by atoms with Gasteiger partial charge in [-0.25, -0.2) is 13.1 Å². The quantitative estimate of drug-likeness (QED) is 0.528. The molecule has 0 aliphatic heterocycles. The van der Waals surface area contributed by atoms with Crippen molar-refractivity contribution in [1.82, 2.24) is 10.0 Å². The molecule has 7 nitrogen and oxygen atoms in total. The number of carbonyl (C=O) groups excluding carboxylic acids is 2. The van der Waals surface area contributed by atoms with E-state index in [0.717, 1.165) is 5.56 Å². The van der Waals surface area contributed by atoms with Gasteiger partial charge in [0.2, 0.25) is 15.9 Å². The molecule has 0 fully saturated rings. The molecule has 2 amide bonds. The topological polar surface area (TPSA) is 104 Å². The molecule has 0 unspecified atom stereocenters. The van der Waals surface area contributed by atoms with Gasteiger partial charge in [-0.2, -0.15) is 0 Å². The van der Waals surface area contributed by atoms with Gasteiger partial charge < -0.3 is 10.6 Å². The molecular weight excluding hydrogens is 366 g/mol. The lowest BCUT2D eigenvalue weighted by Gasteiger charge is -2.12. The van der Waals surface area contributed by atoms with Crippen LogP contribution in [0.15, 0.2) is 18.2 Å². The van der Waals surface area contributed by atoms with Gasteiger partial charge in [0, 0.05) is 30.3 Å². The van der Waals surface area contributed by atoms with Crippen molar-refractivity contribution in [3.05, 3.63) is 29.3 Å². The molecule has 1 aromatic rings. The second kappa shape index (κ2) is 10.4. The molecule has 0 bridgehead atoms. The Bertz CT molecular complexity index is 758. The first-order chi connectivity index (χ1) is 12.5. The minimum Gasteiger partial charge on any atom is -0.350 e. The number of rotatable bonds is 10. The summed E-state index contributed by atoms with van der Waals surface area (Å²) in [6, 6.07) is 5.26. The molecule has 0 atom stereocenters. The van der Waals surface area contributed by atoms with Gasteiger partial charge in [-0.05, 0) is 71.2 Å². The van der Waals surface area contributed by atoms with Crippen LogP contribution in [-0.4, -0.2) is 38.1 Å². The summed E-state index contributed by atoms with van der Waals surface area (Å²) in [4.78, 5) is 24.2. The van der Waals surface area contributed by atoms with Crippen molar-refractivity contribution < 1.29 is 18.0 Å². The maximum Gasteiger partial charge on any atom is 0.251 e. The second-order valence-electron chi connectivity index (χ2n) is 7.21. The van der Waals surface area contributed by atoms with E-state index in [1.807, 2.05) is 20.8 Å². The number of aryl methyl sites for hydroxylation is 1. The normalized spacial score (nSPS) is 11.7. The number of benzene rings is 1. The molecule has 1 rings (SSSR count). The summed E-state index contributed by atoms with van der Waals surface area (Å²) in [5, 5.41) is 5.16. The van der Waals surface area contributed by atoms with Crippen LogP contribution in [0, 0.1) is 6.92 Å². The Kier molecular flexibility index (Phi) is 8.92. The van der Waals surface area contributed by atoms with Gasteiger partial charge >= 0.3 is 0 Å². The largest absolute Gasteiger partial charge is 0.350 e. The minimum atomic E-state index is -3.26. The zero-order valence-electron chi connectivity index (χ0n) is 16.8.